The second-order valence-corrected chi connectivity index (χ2v) is 9.64. The Morgan fingerprint density at radius 1 is 0.750 bits per heavy atom. The van der Waals surface area contributed by atoms with Crippen molar-refractivity contribution in [1.82, 2.24) is 9.97 Å². The number of nitrogens with one attached hydrogen (secondary N) is 1. The average Bonchev–Trinajstić information content (AvgIpc) is 3.34. The van der Waals surface area contributed by atoms with Gasteiger partial charge < -0.3 is 9.72 Å². The summed E-state index contributed by atoms with van der Waals surface area (Å²) in [5.74, 6) is 0.483. The summed E-state index contributed by atoms with van der Waals surface area (Å²) in [4.78, 5) is 19.0. The van der Waals surface area contributed by atoms with E-state index in [1.165, 1.54) is 128 Å². The molecule has 0 amide bonds. The van der Waals surface area contributed by atoms with Crippen LogP contribution in [-0.4, -0.2) is 22.5 Å². The number of hydrogen-bond donors (Lipinski definition) is 1. The van der Waals surface area contributed by atoms with Crippen LogP contribution in [0.5, 0.6) is 0 Å². The van der Waals surface area contributed by atoms with Crippen LogP contribution >= 0.6 is 0 Å². The van der Waals surface area contributed by atoms with Crippen LogP contribution in [-0.2, 0) is 4.74 Å². The van der Waals surface area contributed by atoms with Crippen LogP contribution < -0.4 is 0 Å². The van der Waals surface area contributed by atoms with Crippen LogP contribution in [0.4, 0.5) is 0 Å². The Hall–Kier alpha value is -1.32. The molecule has 186 valence electrons. The summed E-state index contributed by atoms with van der Waals surface area (Å²) in [5.41, 5.74) is 0. The molecule has 0 bridgehead atoms. The van der Waals surface area contributed by atoms with E-state index >= 15 is 0 Å². The topological polar surface area (TPSA) is 55.0 Å². The quantitative estimate of drug-likeness (QED) is 0.134. The summed E-state index contributed by atoms with van der Waals surface area (Å²) in [7, 11) is 0. The lowest BCUT2D eigenvalue weighted by atomic mass is 9.94. The van der Waals surface area contributed by atoms with Gasteiger partial charge in [0.15, 0.2) is 0 Å². The van der Waals surface area contributed by atoms with Crippen LogP contribution in [0, 0.1) is 5.92 Å². The van der Waals surface area contributed by atoms with Gasteiger partial charge in [-0.3, -0.25) is 0 Å². The van der Waals surface area contributed by atoms with Crippen molar-refractivity contribution in [2.45, 2.75) is 142 Å². The van der Waals surface area contributed by atoms with Crippen molar-refractivity contribution in [3.63, 3.8) is 0 Å². The molecule has 1 N–H and O–H groups in total. The first-order valence-electron chi connectivity index (χ1n) is 13.9. The molecule has 4 heteroatoms. The lowest BCUT2D eigenvalue weighted by molar-refractivity contribution is 0.0409. The molecule has 1 aromatic heterocycles. The van der Waals surface area contributed by atoms with Crippen LogP contribution in [0.2, 0.25) is 0 Å². The molecule has 0 spiro atoms. The van der Waals surface area contributed by atoms with Crippen molar-refractivity contribution in [1.29, 1.82) is 0 Å². The number of aromatic nitrogens is 2. The molecule has 0 aromatic carbocycles. The zero-order valence-electron chi connectivity index (χ0n) is 21.3. The summed E-state index contributed by atoms with van der Waals surface area (Å²) < 4.78 is 5.58. The van der Waals surface area contributed by atoms with E-state index in [1.807, 2.05) is 0 Å². The van der Waals surface area contributed by atoms with Gasteiger partial charge in [-0.15, -0.1) is 0 Å². The van der Waals surface area contributed by atoms with Crippen LogP contribution in [0.25, 0.3) is 0 Å². The number of rotatable bonds is 23. The van der Waals surface area contributed by atoms with Crippen molar-refractivity contribution in [3.05, 3.63) is 18.2 Å². The zero-order valence-corrected chi connectivity index (χ0v) is 21.3. The molecule has 0 saturated heterocycles. The maximum Gasteiger partial charge on any atom is 0.374 e. The Morgan fingerprint density at radius 3 is 1.59 bits per heavy atom. The fraction of sp³-hybridized carbons (Fsp3) is 0.857. The molecule has 1 atom stereocenters. The number of H-pyrrole nitrogens is 1. The maximum absolute atomic E-state index is 12.1. The lowest BCUT2D eigenvalue weighted by Gasteiger charge is -2.17. The van der Waals surface area contributed by atoms with Crippen molar-refractivity contribution in [2.24, 2.45) is 5.92 Å². The highest BCUT2D eigenvalue weighted by molar-refractivity contribution is 5.85. The smallest absolute Gasteiger partial charge is 0.374 e. The molecular weight excluding hydrogens is 396 g/mol. The van der Waals surface area contributed by atoms with E-state index in [4.69, 9.17) is 4.74 Å². The van der Waals surface area contributed by atoms with E-state index in [1.54, 1.807) is 12.4 Å². The molecule has 32 heavy (non-hydrogen) atoms. The highest BCUT2D eigenvalue weighted by Gasteiger charge is 2.14. The van der Waals surface area contributed by atoms with E-state index in [2.05, 4.69) is 23.8 Å². The predicted molar refractivity (Wildman–Crippen MR) is 136 cm³/mol. The Morgan fingerprint density at radius 2 is 1.19 bits per heavy atom. The van der Waals surface area contributed by atoms with Crippen molar-refractivity contribution >= 4 is 5.97 Å². The van der Waals surface area contributed by atoms with E-state index in [0.29, 0.717) is 18.3 Å². The highest BCUT2D eigenvalue weighted by atomic mass is 16.5. The van der Waals surface area contributed by atoms with E-state index in [0.717, 1.165) is 0 Å². The number of hydrogen-bond acceptors (Lipinski definition) is 3. The second-order valence-electron chi connectivity index (χ2n) is 9.64. The summed E-state index contributed by atoms with van der Waals surface area (Å²) in [6.07, 6.45) is 30.0. The molecule has 0 fully saturated rings. The third-order valence-corrected chi connectivity index (χ3v) is 6.57. The molecule has 1 unspecified atom stereocenters. The van der Waals surface area contributed by atoms with Gasteiger partial charge in [-0.05, 0) is 18.8 Å². The first-order valence-corrected chi connectivity index (χ1v) is 13.9. The predicted octanol–water partition coefficient (Wildman–Crippen LogP) is 9.02. The number of carbonyl (C=O) groups is 1. The Labute approximate surface area is 198 Å². The minimum absolute atomic E-state index is 0.315. The van der Waals surface area contributed by atoms with Gasteiger partial charge in [-0.2, -0.15) is 0 Å². The Kier molecular flexibility index (Phi) is 19.3. The van der Waals surface area contributed by atoms with E-state index < -0.39 is 0 Å². The van der Waals surface area contributed by atoms with Gasteiger partial charge in [-0.1, -0.05) is 129 Å². The minimum atomic E-state index is -0.320. The number of ether oxygens (including phenoxy) is 1. The minimum Gasteiger partial charge on any atom is -0.460 e. The normalized spacial score (nSPS) is 12.2. The summed E-state index contributed by atoms with van der Waals surface area (Å²) >= 11 is 0. The number of imidazole rings is 1. The zero-order chi connectivity index (χ0) is 23.1. The van der Waals surface area contributed by atoms with E-state index in [-0.39, 0.29) is 5.97 Å². The molecule has 0 aliphatic carbocycles. The fourth-order valence-corrected chi connectivity index (χ4v) is 4.44. The fourth-order valence-electron chi connectivity index (χ4n) is 4.44. The number of unbranched alkanes of at least 4 members (excludes halogenated alkanes) is 16. The van der Waals surface area contributed by atoms with Gasteiger partial charge in [0.05, 0.1) is 6.61 Å². The number of carbonyl (C=O) groups excluding carboxylic acids is 1. The number of nitrogens with zero attached hydrogens (tertiary/aromatic N) is 1. The molecule has 1 aromatic rings. The summed E-state index contributed by atoms with van der Waals surface area (Å²) in [5, 5.41) is 0. The van der Waals surface area contributed by atoms with Crippen molar-refractivity contribution in [2.75, 3.05) is 6.61 Å². The largest absolute Gasteiger partial charge is 0.460 e. The molecule has 0 aliphatic rings. The van der Waals surface area contributed by atoms with Gasteiger partial charge >= 0.3 is 5.97 Å². The highest BCUT2D eigenvalue weighted by Crippen LogP contribution is 2.20. The van der Waals surface area contributed by atoms with Gasteiger partial charge in [0, 0.05) is 12.4 Å². The van der Waals surface area contributed by atoms with Crippen LogP contribution in [0.1, 0.15) is 153 Å². The molecule has 0 saturated carbocycles. The SMILES string of the molecule is CCCCCCCCCCCCC(CCCCCCCCCC)COC(=O)c1ncc[nH]1. The number of aromatic amines is 1. The first-order chi connectivity index (χ1) is 15.8. The van der Waals surface area contributed by atoms with Crippen LogP contribution in [0.15, 0.2) is 12.4 Å². The third kappa shape index (κ3) is 16.3. The third-order valence-electron chi connectivity index (χ3n) is 6.57. The maximum atomic E-state index is 12.1. The van der Waals surface area contributed by atoms with Crippen LogP contribution in [0.3, 0.4) is 0 Å². The summed E-state index contributed by atoms with van der Waals surface area (Å²) in [6, 6.07) is 0. The molecule has 0 radical (unpaired) electrons. The monoisotopic (exact) mass is 448 g/mol. The van der Waals surface area contributed by atoms with Gasteiger partial charge in [-0.25, -0.2) is 9.78 Å². The first kappa shape index (κ1) is 28.7. The Balaban J connectivity index is 2.17. The van der Waals surface area contributed by atoms with Crippen molar-refractivity contribution < 1.29 is 9.53 Å². The molecule has 1 rings (SSSR count). The van der Waals surface area contributed by atoms with Gasteiger partial charge in [0.1, 0.15) is 0 Å². The standard InChI is InChI=1S/C28H52N2O2/c1-3-5-7-9-11-13-14-16-18-20-22-26(21-19-17-15-12-10-8-6-4-2)25-32-28(31)27-29-23-24-30-27/h23-24,26H,3-22,25H2,1-2H3,(H,29,30). The molecular formula is C28H52N2O2. The average molecular weight is 449 g/mol. The molecule has 1 heterocycles. The van der Waals surface area contributed by atoms with Gasteiger partial charge in [0.25, 0.3) is 0 Å². The lowest BCUT2D eigenvalue weighted by Crippen LogP contribution is -2.15. The molecule has 4 nitrogen and oxygen atoms in total. The van der Waals surface area contributed by atoms with Crippen molar-refractivity contribution in [3.8, 4) is 0 Å². The van der Waals surface area contributed by atoms with E-state index in [9.17, 15) is 4.79 Å². The molecule has 0 aliphatic heterocycles. The number of esters is 1. The Bertz CT molecular complexity index is 516. The summed E-state index contributed by atoms with van der Waals surface area (Å²) in [6.45, 7) is 5.08. The second kappa shape index (κ2) is 21.5. The van der Waals surface area contributed by atoms with Gasteiger partial charge in [0.2, 0.25) is 5.82 Å².